The quantitative estimate of drug-likeness (QED) is 0.335. The van der Waals surface area contributed by atoms with Crippen molar-refractivity contribution in [2.24, 2.45) is 5.73 Å². The van der Waals surface area contributed by atoms with Gasteiger partial charge in [-0.3, -0.25) is 19.2 Å². The lowest BCUT2D eigenvalue weighted by Gasteiger charge is -2.33. The third-order valence-electron chi connectivity index (χ3n) is 9.07. The molecule has 0 bridgehead atoms. The molecule has 6 atom stereocenters. The van der Waals surface area contributed by atoms with Gasteiger partial charge in [-0.25, -0.2) is 0 Å². The number of benzene rings is 3. The Balaban J connectivity index is 1.49. The van der Waals surface area contributed by atoms with Crippen molar-refractivity contribution in [3.05, 3.63) is 107 Å². The van der Waals surface area contributed by atoms with E-state index in [-0.39, 0.29) is 36.6 Å². The Kier molecular flexibility index (Phi) is 10.1. The lowest BCUT2D eigenvalue weighted by Crippen LogP contribution is -2.57. The fourth-order valence-electron chi connectivity index (χ4n) is 6.64. The van der Waals surface area contributed by atoms with Crippen molar-refractivity contribution in [2.45, 2.75) is 62.2 Å². The number of hydrogen-bond acceptors (Lipinski definition) is 6. The number of nitrogens with zero attached hydrogens (tertiary/aromatic N) is 3. The minimum Gasteiger partial charge on any atom is -0.357 e. The Bertz CT molecular complexity index is 1610. The lowest BCUT2D eigenvalue weighted by atomic mass is 9.96. The molecule has 2 heterocycles. The highest BCUT2D eigenvalue weighted by molar-refractivity contribution is 5.96. The molecular weight excluding hydrogens is 580 g/mol. The molecule has 5 rings (SSSR count). The maximum Gasteiger partial charge on any atom is 0.246 e. The zero-order valence-electron chi connectivity index (χ0n) is 26.1. The predicted molar refractivity (Wildman–Crippen MR) is 173 cm³/mol. The number of hydrogen-bond donors (Lipinski definition) is 3. The number of likely N-dealkylation sites (tertiary alicyclic amines) is 2. The summed E-state index contributed by atoms with van der Waals surface area (Å²) in [5.41, 5.74) is 9.04. The minimum atomic E-state index is -1.03. The normalized spacial score (nSPS) is 22.0. The second kappa shape index (κ2) is 14.4. The monoisotopic (exact) mass is 620 g/mol. The van der Waals surface area contributed by atoms with Crippen molar-refractivity contribution in [2.75, 3.05) is 20.1 Å². The summed E-state index contributed by atoms with van der Waals surface area (Å²) in [6.45, 7) is 2.15. The number of likely N-dealkylation sites (N-methyl/N-ethyl adjacent to an activating group) is 1. The number of nitrogens with two attached hydrogens (primary N) is 1. The van der Waals surface area contributed by atoms with Gasteiger partial charge in [0.2, 0.25) is 23.6 Å². The van der Waals surface area contributed by atoms with E-state index < -0.39 is 36.0 Å². The van der Waals surface area contributed by atoms with Gasteiger partial charge in [-0.15, -0.1) is 0 Å². The van der Waals surface area contributed by atoms with Gasteiger partial charge >= 0.3 is 0 Å². The van der Waals surface area contributed by atoms with E-state index in [1.807, 2.05) is 60.7 Å². The maximum atomic E-state index is 14.6. The molecule has 3 aromatic rings. The molecule has 0 unspecified atom stereocenters. The van der Waals surface area contributed by atoms with Crippen molar-refractivity contribution in [1.29, 1.82) is 5.26 Å². The first-order valence-electron chi connectivity index (χ1n) is 15.7. The molecule has 2 aliphatic heterocycles. The molecule has 4 amide bonds. The molecule has 4 N–H and O–H groups in total. The molecule has 46 heavy (non-hydrogen) atoms. The van der Waals surface area contributed by atoms with Crippen LogP contribution in [0.25, 0.3) is 0 Å². The van der Waals surface area contributed by atoms with Crippen molar-refractivity contribution in [3.63, 3.8) is 0 Å². The number of amides is 4. The minimum absolute atomic E-state index is 0.0339. The molecule has 2 aliphatic rings. The third kappa shape index (κ3) is 7.11. The van der Waals surface area contributed by atoms with Crippen LogP contribution in [-0.2, 0) is 25.6 Å². The third-order valence-corrected chi connectivity index (χ3v) is 9.07. The molecule has 2 saturated heterocycles. The molecule has 238 valence electrons. The van der Waals surface area contributed by atoms with Crippen molar-refractivity contribution < 1.29 is 19.2 Å². The molecule has 2 fully saturated rings. The van der Waals surface area contributed by atoms with Gasteiger partial charge in [0.25, 0.3) is 0 Å². The highest BCUT2D eigenvalue weighted by Gasteiger charge is 2.48. The highest BCUT2D eigenvalue weighted by Crippen LogP contribution is 2.37. The molecule has 0 aromatic heterocycles. The number of nitriles is 1. The van der Waals surface area contributed by atoms with E-state index in [0.29, 0.717) is 30.5 Å². The molecule has 0 spiro atoms. The van der Waals surface area contributed by atoms with Crippen LogP contribution in [0.2, 0.25) is 0 Å². The summed E-state index contributed by atoms with van der Waals surface area (Å²) in [4.78, 5) is 58.2. The van der Waals surface area contributed by atoms with Gasteiger partial charge < -0.3 is 26.2 Å². The summed E-state index contributed by atoms with van der Waals surface area (Å²) >= 11 is 0. The molecule has 10 heteroatoms. The predicted octanol–water partition coefficient (Wildman–Crippen LogP) is 2.45. The van der Waals surface area contributed by atoms with Gasteiger partial charge in [0.15, 0.2) is 0 Å². The van der Waals surface area contributed by atoms with E-state index in [9.17, 15) is 24.4 Å². The molecule has 0 aliphatic carbocycles. The van der Waals surface area contributed by atoms with Gasteiger partial charge in [-0.2, -0.15) is 5.26 Å². The van der Waals surface area contributed by atoms with E-state index in [1.165, 1.54) is 6.92 Å². The van der Waals surface area contributed by atoms with Crippen LogP contribution in [0, 0.1) is 11.3 Å². The zero-order valence-corrected chi connectivity index (χ0v) is 26.1. The fraction of sp³-hybridized carbons (Fsp3) is 0.361. The van der Waals surface area contributed by atoms with Gasteiger partial charge in [-0.05, 0) is 48.6 Å². The first-order chi connectivity index (χ1) is 22.2. The van der Waals surface area contributed by atoms with E-state index in [2.05, 4.69) is 16.7 Å². The van der Waals surface area contributed by atoms with E-state index in [4.69, 9.17) is 5.73 Å². The molecule has 10 nitrogen and oxygen atoms in total. The van der Waals surface area contributed by atoms with Crippen LogP contribution < -0.4 is 16.4 Å². The Morgan fingerprint density at radius 1 is 0.870 bits per heavy atom. The molecular formula is C36H40N6O4. The van der Waals surface area contributed by atoms with Crippen LogP contribution in [0.15, 0.2) is 84.9 Å². The number of rotatable bonds is 9. The summed E-state index contributed by atoms with van der Waals surface area (Å²) in [7, 11) is 1.56. The standard InChI is InChI=1S/C36H40N6O4/c1-23(38)33(43)40-30(17-24-10-9-11-25(16-24)20-37)35(45)42-22-29(27-14-7-4-8-15-27)19-32(42)36(46)41-21-28(18-31(41)34(44)39-2)26-12-5-3-6-13-26/h3-16,23,28-32H,17-19,21-22,38H2,1-2H3,(H,39,44)(H,40,43)/t23-,28-,29-,30-,31-,32-/m0/s1. The SMILES string of the molecule is CNC(=O)[C@@H]1C[C@H](c2ccccc2)CN1C(=O)[C@@H]1C[C@H](c2ccccc2)CN1C(=O)[C@H](Cc1cccc(C#N)c1)NC(=O)[C@H](C)N. The van der Waals surface area contributed by atoms with Crippen LogP contribution in [-0.4, -0.2) is 77.7 Å². The van der Waals surface area contributed by atoms with Crippen molar-refractivity contribution in [3.8, 4) is 6.07 Å². The van der Waals surface area contributed by atoms with Crippen molar-refractivity contribution >= 4 is 23.6 Å². The number of nitrogens with one attached hydrogen (secondary N) is 2. The second-order valence-corrected chi connectivity index (χ2v) is 12.2. The Labute approximate surface area is 269 Å². The van der Waals surface area contributed by atoms with Gasteiger partial charge in [0.1, 0.15) is 18.1 Å². The van der Waals surface area contributed by atoms with Gasteiger partial charge in [0, 0.05) is 38.4 Å². The number of carbonyl (C=O) groups excluding carboxylic acids is 4. The lowest BCUT2D eigenvalue weighted by molar-refractivity contribution is -0.147. The summed E-state index contributed by atoms with van der Waals surface area (Å²) in [5, 5.41) is 14.9. The van der Waals surface area contributed by atoms with E-state index in [0.717, 1.165) is 11.1 Å². The first kappa shape index (κ1) is 32.4. The van der Waals surface area contributed by atoms with Crippen LogP contribution in [0.5, 0.6) is 0 Å². The molecule has 3 aromatic carbocycles. The van der Waals surface area contributed by atoms with E-state index in [1.54, 1.807) is 41.1 Å². The van der Waals surface area contributed by atoms with E-state index >= 15 is 0 Å². The Hall–Kier alpha value is -5.01. The summed E-state index contributed by atoms with van der Waals surface area (Å²) in [6, 6.07) is 25.1. The van der Waals surface area contributed by atoms with Crippen LogP contribution >= 0.6 is 0 Å². The number of carbonyl (C=O) groups is 4. The first-order valence-corrected chi connectivity index (χ1v) is 15.7. The average molecular weight is 621 g/mol. The maximum absolute atomic E-state index is 14.6. The summed E-state index contributed by atoms with van der Waals surface area (Å²) in [5.74, 6) is -1.61. The fourth-order valence-corrected chi connectivity index (χ4v) is 6.64. The Morgan fingerprint density at radius 2 is 1.46 bits per heavy atom. The largest absolute Gasteiger partial charge is 0.357 e. The Morgan fingerprint density at radius 3 is 2.02 bits per heavy atom. The van der Waals surface area contributed by atoms with Gasteiger partial charge in [-0.1, -0.05) is 72.8 Å². The topological polar surface area (TPSA) is 149 Å². The second-order valence-electron chi connectivity index (χ2n) is 12.2. The van der Waals surface area contributed by atoms with Crippen LogP contribution in [0.3, 0.4) is 0 Å². The molecule has 0 radical (unpaired) electrons. The molecule has 0 saturated carbocycles. The average Bonchev–Trinajstić information content (AvgIpc) is 3.74. The van der Waals surface area contributed by atoms with Gasteiger partial charge in [0.05, 0.1) is 17.7 Å². The highest BCUT2D eigenvalue weighted by atomic mass is 16.2. The smallest absolute Gasteiger partial charge is 0.246 e. The summed E-state index contributed by atoms with van der Waals surface area (Å²) in [6.07, 6.45) is 0.959. The summed E-state index contributed by atoms with van der Waals surface area (Å²) < 4.78 is 0. The van der Waals surface area contributed by atoms with Crippen LogP contribution in [0.4, 0.5) is 0 Å². The van der Waals surface area contributed by atoms with Crippen LogP contribution in [0.1, 0.15) is 53.9 Å². The zero-order chi connectivity index (χ0) is 32.8. The van der Waals surface area contributed by atoms with Crippen molar-refractivity contribution in [1.82, 2.24) is 20.4 Å².